The highest BCUT2D eigenvalue weighted by molar-refractivity contribution is 7.89. The SMILES string of the molecule is Cc1ccc(S(=O)(=O)NCc2cncc(-c3ccco3)c2)c(C)c1. The molecular weight excluding hydrogens is 324 g/mol. The summed E-state index contributed by atoms with van der Waals surface area (Å²) in [6, 6.07) is 10.8. The van der Waals surface area contributed by atoms with Gasteiger partial charge in [-0.1, -0.05) is 17.7 Å². The Morgan fingerprint density at radius 2 is 1.96 bits per heavy atom. The average Bonchev–Trinajstić information content (AvgIpc) is 3.07. The minimum Gasteiger partial charge on any atom is -0.464 e. The van der Waals surface area contributed by atoms with Crippen molar-refractivity contribution < 1.29 is 12.8 Å². The fraction of sp³-hybridized carbons (Fsp3) is 0.167. The summed E-state index contributed by atoms with van der Waals surface area (Å²) < 4.78 is 33.0. The van der Waals surface area contributed by atoms with Crippen molar-refractivity contribution in [3.63, 3.8) is 0 Å². The molecule has 0 aliphatic carbocycles. The molecule has 0 radical (unpaired) electrons. The molecule has 0 fully saturated rings. The first-order valence-electron chi connectivity index (χ1n) is 7.50. The highest BCUT2D eigenvalue weighted by atomic mass is 32.2. The van der Waals surface area contributed by atoms with Gasteiger partial charge in [0, 0.05) is 24.5 Å². The molecule has 0 amide bonds. The number of hydrogen-bond acceptors (Lipinski definition) is 4. The van der Waals surface area contributed by atoms with Crippen molar-refractivity contribution in [3.05, 3.63) is 71.7 Å². The van der Waals surface area contributed by atoms with Crippen molar-refractivity contribution >= 4 is 10.0 Å². The Kier molecular flexibility index (Phi) is 4.51. The molecule has 0 atom stereocenters. The second kappa shape index (κ2) is 6.59. The van der Waals surface area contributed by atoms with Gasteiger partial charge in [0.15, 0.2) is 0 Å². The fourth-order valence-electron chi connectivity index (χ4n) is 2.52. The van der Waals surface area contributed by atoms with Crippen LogP contribution in [0.2, 0.25) is 0 Å². The summed E-state index contributed by atoms with van der Waals surface area (Å²) in [7, 11) is -3.57. The summed E-state index contributed by atoms with van der Waals surface area (Å²) in [5.74, 6) is 0.696. The normalized spacial score (nSPS) is 11.6. The van der Waals surface area contributed by atoms with Crippen LogP contribution < -0.4 is 4.72 Å². The lowest BCUT2D eigenvalue weighted by Gasteiger charge is -2.10. The first-order valence-corrected chi connectivity index (χ1v) is 8.99. The minimum atomic E-state index is -3.57. The second-order valence-corrected chi connectivity index (χ2v) is 7.39. The number of aryl methyl sites for hydroxylation is 2. The Labute approximate surface area is 141 Å². The number of hydrogen-bond donors (Lipinski definition) is 1. The molecule has 24 heavy (non-hydrogen) atoms. The van der Waals surface area contributed by atoms with Crippen LogP contribution >= 0.6 is 0 Å². The van der Waals surface area contributed by atoms with Gasteiger partial charge in [-0.05, 0) is 49.2 Å². The highest BCUT2D eigenvalue weighted by Crippen LogP contribution is 2.20. The highest BCUT2D eigenvalue weighted by Gasteiger charge is 2.16. The molecule has 2 aromatic heterocycles. The lowest BCUT2D eigenvalue weighted by molar-refractivity contribution is 0.580. The number of rotatable bonds is 5. The molecule has 0 spiro atoms. The van der Waals surface area contributed by atoms with Crippen molar-refractivity contribution in [2.45, 2.75) is 25.3 Å². The van der Waals surface area contributed by atoms with Crippen LogP contribution in [0.1, 0.15) is 16.7 Å². The molecule has 0 aliphatic heterocycles. The monoisotopic (exact) mass is 342 g/mol. The predicted molar refractivity (Wildman–Crippen MR) is 91.9 cm³/mol. The zero-order valence-corrected chi connectivity index (χ0v) is 14.3. The van der Waals surface area contributed by atoms with Crippen LogP contribution in [0, 0.1) is 13.8 Å². The third kappa shape index (κ3) is 3.55. The number of furan rings is 1. The van der Waals surface area contributed by atoms with Crippen LogP contribution in [0.15, 0.2) is 64.4 Å². The van der Waals surface area contributed by atoms with Crippen LogP contribution in [0.4, 0.5) is 0 Å². The molecule has 0 aliphatic rings. The molecular formula is C18H18N2O3S. The molecule has 6 heteroatoms. The molecule has 1 aromatic carbocycles. The largest absolute Gasteiger partial charge is 0.464 e. The van der Waals surface area contributed by atoms with Crippen molar-refractivity contribution in [2.24, 2.45) is 0 Å². The summed E-state index contributed by atoms with van der Waals surface area (Å²) in [6.07, 6.45) is 4.91. The summed E-state index contributed by atoms with van der Waals surface area (Å²) in [4.78, 5) is 4.44. The molecule has 124 valence electrons. The summed E-state index contributed by atoms with van der Waals surface area (Å²) in [5, 5.41) is 0. The average molecular weight is 342 g/mol. The zero-order valence-electron chi connectivity index (χ0n) is 13.5. The fourth-order valence-corrected chi connectivity index (χ4v) is 3.76. The smallest absolute Gasteiger partial charge is 0.241 e. The Hall–Kier alpha value is -2.44. The zero-order chi connectivity index (χ0) is 17.2. The minimum absolute atomic E-state index is 0.164. The Morgan fingerprint density at radius 1 is 1.12 bits per heavy atom. The van der Waals surface area contributed by atoms with Gasteiger partial charge in [-0.25, -0.2) is 13.1 Å². The van der Waals surface area contributed by atoms with Crippen molar-refractivity contribution in [1.29, 1.82) is 0 Å². The number of nitrogens with one attached hydrogen (secondary N) is 1. The lowest BCUT2D eigenvalue weighted by atomic mass is 10.2. The van der Waals surface area contributed by atoms with Gasteiger partial charge in [0.05, 0.1) is 11.2 Å². The first kappa shape index (κ1) is 16.4. The first-order chi connectivity index (χ1) is 11.5. The summed E-state index contributed by atoms with van der Waals surface area (Å²) in [6.45, 7) is 3.89. The van der Waals surface area contributed by atoms with Gasteiger partial charge in [-0.3, -0.25) is 4.98 Å². The summed E-state index contributed by atoms with van der Waals surface area (Å²) in [5.41, 5.74) is 3.33. The van der Waals surface area contributed by atoms with Crippen LogP contribution in [-0.2, 0) is 16.6 Å². The number of pyridine rings is 1. The van der Waals surface area contributed by atoms with E-state index < -0.39 is 10.0 Å². The summed E-state index contributed by atoms with van der Waals surface area (Å²) >= 11 is 0. The van der Waals surface area contributed by atoms with E-state index in [-0.39, 0.29) is 6.54 Å². The standard InChI is InChI=1S/C18H18N2O3S/c1-13-5-6-18(14(2)8-13)24(21,22)20-11-15-9-16(12-19-10-15)17-4-3-7-23-17/h3-10,12,20H,11H2,1-2H3. The quantitative estimate of drug-likeness (QED) is 0.771. The van der Waals surface area contributed by atoms with E-state index in [0.29, 0.717) is 10.7 Å². The van der Waals surface area contributed by atoms with E-state index in [2.05, 4.69) is 9.71 Å². The molecule has 0 saturated heterocycles. The van der Waals surface area contributed by atoms with Gasteiger partial charge in [-0.2, -0.15) is 0 Å². The van der Waals surface area contributed by atoms with Gasteiger partial charge in [0.2, 0.25) is 10.0 Å². The van der Waals surface area contributed by atoms with Crippen LogP contribution in [0.5, 0.6) is 0 Å². The third-order valence-electron chi connectivity index (χ3n) is 3.69. The molecule has 0 unspecified atom stereocenters. The van der Waals surface area contributed by atoms with Crippen molar-refractivity contribution in [1.82, 2.24) is 9.71 Å². The molecule has 5 nitrogen and oxygen atoms in total. The van der Waals surface area contributed by atoms with Gasteiger partial charge < -0.3 is 4.42 Å². The maximum absolute atomic E-state index is 12.5. The van der Waals surface area contributed by atoms with Crippen molar-refractivity contribution in [3.8, 4) is 11.3 Å². The number of benzene rings is 1. The number of nitrogens with zero attached hydrogens (tertiary/aromatic N) is 1. The Bertz CT molecular complexity index is 948. The van der Waals surface area contributed by atoms with E-state index >= 15 is 0 Å². The van der Waals surface area contributed by atoms with Crippen LogP contribution in [0.3, 0.4) is 0 Å². The Balaban J connectivity index is 1.79. The van der Waals surface area contributed by atoms with E-state index in [0.717, 1.165) is 22.3 Å². The Morgan fingerprint density at radius 3 is 2.67 bits per heavy atom. The second-order valence-electron chi connectivity index (χ2n) is 5.65. The third-order valence-corrected chi connectivity index (χ3v) is 5.25. The molecule has 0 bridgehead atoms. The van der Waals surface area contributed by atoms with Gasteiger partial charge in [0.1, 0.15) is 5.76 Å². The van der Waals surface area contributed by atoms with Crippen LogP contribution in [-0.4, -0.2) is 13.4 Å². The molecule has 2 heterocycles. The van der Waals surface area contributed by atoms with E-state index in [4.69, 9.17) is 4.42 Å². The van der Waals surface area contributed by atoms with E-state index in [1.165, 1.54) is 0 Å². The van der Waals surface area contributed by atoms with Crippen LogP contribution in [0.25, 0.3) is 11.3 Å². The van der Waals surface area contributed by atoms with Crippen molar-refractivity contribution in [2.75, 3.05) is 0 Å². The lowest BCUT2D eigenvalue weighted by Crippen LogP contribution is -2.24. The van der Waals surface area contributed by atoms with Gasteiger partial charge in [-0.15, -0.1) is 0 Å². The molecule has 1 N–H and O–H groups in total. The van der Waals surface area contributed by atoms with E-state index in [1.54, 1.807) is 43.8 Å². The topological polar surface area (TPSA) is 72.2 Å². The van der Waals surface area contributed by atoms with Gasteiger partial charge in [0.25, 0.3) is 0 Å². The van der Waals surface area contributed by atoms with E-state index in [1.807, 2.05) is 25.1 Å². The number of aromatic nitrogens is 1. The molecule has 3 rings (SSSR count). The maximum Gasteiger partial charge on any atom is 0.241 e. The van der Waals surface area contributed by atoms with E-state index in [9.17, 15) is 8.42 Å². The predicted octanol–water partition coefficient (Wildman–Crippen LogP) is 3.44. The number of sulfonamides is 1. The van der Waals surface area contributed by atoms with Gasteiger partial charge >= 0.3 is 0 Å². The molecule has 0 saturated carbocycles. The molecule has 3 aromatic rings. The maximum atomic E-state index is 12.5.